The van der Waals surface area contributed by atoms with E-state index in [2.05, 4.69) is 46.7 Å². The van der Waals surface area contributed by atoms with Crippen molar-refractivity contribution in [2.45, 2.75) is 44.4 Å². The smallest absolute Gasteiger partial charge is 0.216 e. The standard InChI is InChI=1S/C12H19BrN2O/c1-4-6-16-12-7-11(14-8-15-12)10(5-2)9(3)13/h7-10H,4-6H2,1-3H3. The molecule has 16 heavy (non-hydrogen) atoms. The number of alkyl halides is 1. The van der Waals surface area contributed by atoms with Gasteiger partial charge in [0.1, 0.15) is 6.33 Å². The summed E-state index contributed by atoms with van der Waals surface area (Å²) >= 11 is 3.61. The summed E-state index contributed by atoms with van der Waals surface area (Å²) in [6, 6.07) is 1.95. The quantitative estimate of drug-likeness (QED) is 0.751. The van der Waals surface area contributed by atoms with Gasteiger partial charge in [-0.05, 0) is 12.8 Å². The molecule has 0 aliphatic carbocycles. The monoisotopic (exact) mass is 286 g/mol. The molecule has 0 spiro atoms. The fourth-order valence-corrected chi connectivity index (χ4v) is 2.26. The number of hydrogen-bond donors (Lipinski definition) is 0. The van der Waals surface area contributed by atoms with E-state index >= 15 is 0 Å². The highest BCUT2D eigenvalue weighted by atomic mass is 79.9. The minimum atomic E-state index is 0.409. The highest BCUT2D eigenvalue weighted by Crippen LogP contribution is 2.27. The van der Waals surface area contributed by atoms with E-state index in [1.807, 2.05) is 6.07 Å². The molecule has 0 N–H and O–H groups in total. The largest absolute Gasteiger partial charge is 0.478 e. The Bertz CT molecular complexity index is 318. The van der Waals surface area contributed by atoms with Crippen LogP contribution in [0, 0.1) is 0 Å². The van der Waals surface area contributed by atoms with Gasteiger partial charge in [-0.1, -0.05) is 36.7 Å². The van der Waals surface area contributed by atoms with E-state index in [1.165, 1.54) is 0 Å². The van der Waals surface area contributed by atoms with Crippen molar-refractivity contribution < 1.29 is 4.74 Å². The van der Waals surface area contributed by atoms with Crippen LogP contribution in [0.4, 0.5) is 0 Å². The minimum Gasteiger partial charge on any atom is -0.478 e. The van der Waals surface area contributed by atoms with Gasteiger partial charge >= 0.3 is 0 Å². The first-order valence-electron chi connectivity index (χ1n) is 5.77. The lowest BCUT2D eigenvalue weighted by atomic mass is 9.99. The summed E-state index contributed by atoms with van der Waals surface area (Å²) in [6.07, 6.45) is 3.63. The van der Waals surface area contributed by atoms with Crippen molar-refractivity contribution >= 4 is 15.9 Å². The Morgan fingerprint density at radius 2 is 2.12 bits per heavy atom. The zero-order valence-electron chi connectivity index (χ0n) is 10.1. The van der Waals surface area contributed by atoms with Gasteiger partial charge in [0, 0.05) is 16.8 Å². The van der Waals surface area contributed by atoms with Crippen LogP contribution in [0.25, 0.3) is 0 Å². The van der Waals surface area contributed by atoms with Gasteiger partial charge < -0.3 is 4.74 Å². The molecule has 1 aromatic rings. The highest BCUT2D eigenvalue weighted by Gasteiger charge is 2.17. The van der Waals surface area contributed by atoms with Crippen LogP contribution in [-0.4, -0.2) is 21.4 Å². The molecule has 2 atom stereocenters. The number of rotatable bonds is 6. The molecule has 3 nitrogen and oxygen atoms in total. The van der Waals surface area contributed by atoms with Gasteiger partial charge in [0.15, 0.2) is 0 Å². The molecule has 1 aromatic heterocycles. The molecule has 90 valence electrons. The molecular formula is C12H19BrN2O. The van der Waals surface area contributed by atoms with Gasteiger partial charge in [0.2, 0.25) is 5.88 Å². The second-order valence-corrected chi connectivity index (χ2v) is 5.27. The molecule has 0 saturated carbocycles. The molecule has 2 unspecified atom stereocenters. The molecule has 4 heteroatoms. The summed E-state index contributed by atoms with van der Waals surface area (Å²) in [5.41, 5.74) is 1.05. The van der Waals surface area contributed by atoms with Crippen LogP contribution >= 0.6 is 15.9 Å². The van der Waals surface area contributed by atoms with E-state index in [-0.39, 0.29) is 0 Å². The lowest BCUT2D eigenvalue weighted by molar-refractivity contribution is 0.303. The average Bonchev–Trinajstić information content (AvgIpc) is 2.27. The first kappa shape index (κ1) is 13.4. The maximum absolute atomic E-state index is 5.50. The van der Waals surface area contributed by atoms with E-state index in [0.717, 1.165) is 18.5 Å². The normalized spacial score (nSPS) is 14.5. The Balaban J connectivity index is 2.79. The van der Waals surface area contributed by atoms with Gasteiger partial charge in [-0.2, -0.15) is 0 Å². The molecule has 1 heterocycles. The highest BCUT2D eigenvalue weighted by molar-refractivity contribution is 9.09. The second kappa shape index (κ2) is 6.84. The fraction of sp³-hybridized carbons (Fsp3) is 0.667. The minimum absolute atomic E-state index is 0.409. The van der Waals surface area contributed by atoms with Crippen LogP contribution in [0.15, 0.2) is 12.4 Å². The Hall–Kier alpha value is -0.640. The molecule has 0 fully saturated rings. The number of aromatic nitrogens is 2. The number of halogens is 1. The van der Waals surface area contributed by atoms with Crippen LogP contribution < -0.4 is 4.74 Å². The predicted octanol–water partition coefficient (Wildman–Crippen LogP) is 3.54. The maximum Gasteiger partial charge on any atom is 0.216 e. The van der Waals surface area contributed by atoms with Gasteiger partial charge in [-0.25, -0.2) is 9.97 Å². The third-order valence-corrected chi connectivity index (χ3v) is 3.13. The fourth-order valence-electron chi connectivity index (χ4n) is 1.61. The van der Waals surface area contributed by atoms with Crippen molar-refractivity contribution in [2.24, 2.45) is 0 Å². The first-order chi connectivity index (χ1) is 7.69. The Kier molecular flexibility index (Phi) is 5.74. The van der Waals surface area contributed by atoms with E-state index in [1.54, 1.807) is 6.33 Å². The van der Waals surface area contributed by atoms with Gasteiger partial charge in [-0.3, -0.25) is 0 Å². The Morgan fingerprint density at radius 1 is 1.38 bits per heavy atom. The summed E-state index contributed by atoms with van der Waals surface area (Å²) < 4.78 is 5.50. The summed E-state index contributed by atoms with van der Waals surface area (Å²) in [4.78, 5) is 8.83. The Labute approximate surface area is 106 Å². The molecule has 0 amide bonds. The molecular weight excluding hydrogens is 268 g/mol. The lowest BCUT2D eigenvalue weighted by Gasteiger charge is -2.17. The summed E-state index contributed by atoms with van der Waals surface area (Å²) in [6.45, 7) is 7.09. The van der Waals surface area contributed by atoms with Crippen LogP contribution in [-0.2, 0) is 0 Å². The number of ether oxygens (including phenoxy) is 1. The van der Waals surface area contributed by atoms with Gasteiger partial charge in [0.25, 0.3) is 0 Å². The predicted molar refractivity (Wildman–Crippen MR) is 69.2 cm³/mol. The summed E-state index contributed by atoms with van der Waals surface area (Å²) in [5.74, 6) is 1.09. The van der Waals surface area contributed by atoms with E-state index in [0.29, 0.717) is 23.2 Å². The molecule has 0 aliphatic heterocycles. The zero-order valence-corrected chi connectivity index (χ0v) is 11.7. The van der Waals surface area contributed by atoms with Crippen LogP contribution in [0.1, 0.15) is 45.2 Å². The van der Waals surface area contributed by atoms with Gasteiger partial charge in [0.05, 0.1) is 12.3 Å². The summed E-state index contributed by atoms with van der Waals surface area (Å²) in [7, 11) is 0. The van der Waals surface area contributed by atoms with E-state index in [4.69, 9.17) is 4.74 Å². The molecule has 0 aliphatic rings. The van der Waals surface area contributed by atoms with Crippen molar-refractivity contribution in [3.05, 3.63) is 18.1 Å². The molecule has 0 bridgehead atoms. The topological polar surface area (TPSA) is 35.0 Å². The van der Waals surface area contributed by atoms with Crippen molar-refractivity contribution in [1.29, 1.82) is 0 Å². The third kappa shape index (κ3) is 3.74. The van der Waals surface area contributed by atoms with E-state index in [9.17, 15) is 0 Å². The molecule has 0 radical (unpaired) electrons. The maximum atomic E-state index is 5.50. The van der Waals surface area contributed by atoms with Crippen molar-refractivity contribution in [3.8, 4) is 5.88 Å². The zero-order chi connectivity index (χ0) is 12.0. The first-order valence-corrected chi connectivity index (χ1v) is 6.69. The van der Waals surface area contributed by atoms with E-state index < -0.39 is 0 Å². The van der Waals surface area contributed by atoms with Crippen LogP contribution in [0.5, 0.6) is 5.88 Å². The SMILES string of the molecule is CCCOc1cc(C(CC)C(C)Br)ncn1. The number of nitrogens with zero attached hydrogens (tertiary/aromatic N) is 2. The molecule has 0 aromatic carbocycles. The molecule has 0 saturated heterocycles. The van der Waals surface area contributed by atoms with Gasteiger partial charge in [-0.15, -0.1) is 0 Å². The third-order valence-electron chi connectivity index (χ3n) is 2.49. The lowest BCUT2D eigenvalue weighted by Crippen LogP contribution is -2.10. The van der Waals surface area contributed by atoms with Crippen molar-refractivity contribution in [3.63, 3.8) is 0 Å². The Morgan fingerprint density at radius 3 is 2.69 bits per heavy atom. The van der Waals surface area contributed by atoms with Crippen molar-refractivity contribution in [2.75, 3.05) is 6.61 Å². The average molecular weight is 287 g/mol. The van der Waals surface area contributed by atoms with Crippen LogP contribution in [0.3, 0.4) is 0 Å². The second-order valence-electron chi connectivity index (χ2n) is 3.82. The van der Waals surface area contributed by atoms with Crippen molar-refractivity contribution in [1.82, 2.24) is 9.97 Å². The number of hydrogen-bond acceptors (Lipinski definition) is 3. The van der Waals surface area contributed by atoms with Crippen LogP contribution in [0.2, 0.25) is 0 Å². The summed E-state index contributed by atoms with van der Waals surface area (Å²) in [5, 5.41) is 0. The molecule has 1 rings (SSSR count).